The number of alkyl halides is 3. The van der Waals surface area contributed by atoms with Crippen LogP contribution in [0.15, 0.2) is 48.5 Å². The van der Waals surface area contributed by atoms with Crippen molar-refractivity contribution in [1.82, 2.24) is 0 Å². The zero-order valence-corrected chi connectivity index (χ0v) is 11.8. The Bertz CT molecular complexity index is 725. The van der Waals surface area contributed by atoms with E-state index in [1.165, 1.54) is 17.7 Å². The van der Waals surface area contributed by atoms with E-state index in [0.717, 1.165) is 36.1 Å². The molecule has 1 nitrogen and oxygen atoms in total. The predicted molar refractivity (Wildman–Crippen MR) is 77.2 cm³/mol. The highest BCUT2D eigenvalue weighted by Gasteiger charge is 2.40. The van der Waals surface area contributed by atoms with Crippen LogP contribution in [-0.4, -0.2) is 0 Å². The van der Waals surface area contributed by atoms with Gasteiger partial charge in [0.2, 0.25) is 0 Å². The number of nitrogens with zero attached hydrogens (tertiary/aromatic N) is 1. The van der Waals surface area contributed by atoms with Gasteiger partial charge in [0.1, 0.15) is 0 Å². The Morgan fingerprint density at radius 1 is 1.05 bits per heavy atom. The fourth-order valence-corrected chi connectivity index (χ4v) is 3.39. The quantitative estimate of drug-likeness (QED) is 0.777. The number of halogens is 3. The Balaban J connectivity index is 2.09. The number of rotatable bonds is 2. The number of fused-ring (bicyclic) bond motifs is 1. The van der Waals surface area contributed by atoms with Crippen molar-refractivity contribution in [2.75, 3.05) is 0 Å². The molecule has 0 amide bonds. The van der Waals surface area contributed by atoms with E-state index < -0.39 is 17.2 Å². The van der Waals surface area contributed by atoms with Crippen molar-refractivity contribution in [3.63, 3.8) is 0 Å². The third-order valence-electron chi connectivity index (χ3n) is 4.50. The van der Waals surface area contributed by atoms with Crippen LogP contribution in [0.25, 0.3) is 0 Å². The van der Waals surface area contributed by atoms with E-state index in [2.05, 4.69) is 6.07 Å². The van der Waals surface area contributed by atoms with E-state index in [4.69, 9.17) is 0 Å². The van der Waals surface area contributed by atoms with Crippen molar-refractivity contribution in [3.8, 4) is 6.07 Å². The summed E-state index contributed by atoms with van der Waals surface area (Å²) in [5, 5.41) is 9.23. The maximum absolute atomic E-state index is 12.7. The molecule has 0 N–H and O–H groups in total. The van der Waals surface area contributed by atoms with E-state index >= 15 is 0 Å². The molecule has 2 aromatic carbocycles. The van der Waals surface area contributed by atoms with Gasteiger partial charge in [0.25, 0.3) is 0 Å². The fraction of sp³-hybridized carbons (Fsp3) is 0.278. The second-order valence-corrected chi connectivity index (χ2v) is 5.65. The summed E-state index contributed by atoms with van der Waals surface area (Å²) in [5.74, 6) is 0. The smallest absolute Gasteiger partial charge is 0.198 e. The van der Waals surface area contributed by atoms with Gasteiger partial charge in [0, 0.05) is 11.8 Å². The standard InChI is InChI=1S/C18H14F3N/c19-18(20,21)15-7-5-14(6-8-15)17(11-12-22)10-9-13-3-1-2-4-16(13)17/h1-8H,9-11H2/t17-/m1/s1. The molecule has 1 atom stereocenters. The molecule has 0 aliphatic heterocycles. The average Bonchev–Trinajstić information content (AvgIpc) is 2.87. The van der Waals surface area contributed by atoms with Crippen LogP contribution < -0.4 is 0 Å². The van der Waals surface area contributed by atoms with Gasteiger partial charge in [0.05, 0.1) is 11.6 Å². The molecule has 0 bridgehead atoms. The molecule has 0 radical (unpaired) electrons. The molecule has 0 saturated carbocycles. The molecule has 2 aromatic rings. The third kappa shape index (κ3) is 2.27. The zero-order valence-electron chi connectivity index (χ0n) is 11.8. The highest BCUT2D eigenvalue weighted by molar-refractivity contribution is 5.49. The normalized spacial score (nSPS) is 20.5. The first-order chi connectivity index (χ1) is 10.5. The summed E-state index contributed by atoms with van der Waals surface area (Å²) >= 11 is 0. The summed E-state index contributed by atoms with van der Waals surface area (Å²) in [6, 6.07) is 15.3. The van der Waals surface area contributed by atoms with Crippen molar-refractivity contribution in [2.45, 2.75) is 30.9 Å². The molecule has 0 saturated heterocycles. The molecule has 1 aliphatic rings. The maximum atomic E-state index is 12.7. The average molecular weight is 301 g/mol. The van der Waals surface area contributed by atoms with Crippen LogP contribution in [0.2, 0.25) is 0 Å². The number of hydrogen-bond donors (Lipinski definition) is 0. The summed E-state index contributed by atoms with van der Waals surface area (Å²) in [6.45, 7) is 0. The summed E-state index contributed by atoms with van der Waals surface area (Å²) < 4.78 is 38.2. The molecule has 112 valence electrons. The van der Waals surface area contributed by atoms with Crippen molar-refractivity contribution in [2.24, 2.45) is 0 Å². The van der Waals surface area contributed by atoms with E-state index in [1.807, 2.05) is 24.3 Å². The van der Waals surface area contributed by atoms with Crippen LogP contribution in [0.1, 0.15) is 35.1 Å². The number of hydrogen-bond acceptors (Lipinski definition) is 1. The number of benzene rings is 2. The molecule has 0 unspecified atom stereocenters. The molecule has 22 heavy (non-hydrogen) atoms. The highest BCUT2D eigenvalue weighted by atomic mass is 19.4. The van der Waals surface area contributed by atoms with Crippen LogP contribution >= 0.6 is 0 Å². The minimum atomic E-state index is -4.34. The lowest BCUT2D eigenvalue weighted by Crippen LogP contribution is -2.24. The Hall–Kier alpha value is -2.28. The van der Waals surface area contributed by atoms with Gasteiger partial charge in [-0.25, -0.2) is 0 Å². The molecular weight excluding hydrogens is 287 g/mol. The van der Waals surface area contributed by atoms with Crippen molar-refractivity contribution in [1.29, 1.82) is 5.26 Å². The lowest BCUT2D eigenvalue weighted by molar-refractivity contribution is -0.137. The Labute approximate surface area is 127 Å². The van der Waals surface area contributed by atoms with E-state index in [-0.39, 0.29) is 6.42 Å². The summed E-state index contributed by atoms with van der Waals surface area (Å²) in [7, 11) is 0. The zero-order chi connectivity index (χ0) is 15.8. The van der Waals surface area contributed by atoms with E-state index in [1.54, 1.807) is 0 Å². The van der Waals surface area contributed by atoms with Gasteiger partial charge in [-0.05, 0) is 41.7 Å². The molecule has 0 spiro atoms. The number of aryl methyl sites for hydroxylation is 1. The summed E-state index contributed by atoms with van der Waals surface area (Å²) in [6.07, 6.45) is -2.46. The molecular formula is C18H14F3N. The lowest BCUT2D eigenvalue weighted by atomic mass is 9.73. The highest BCUT2D eigenvalue weighted by Crippen LogP contribution is 2.46. The van der Waals surface area contributed by atoms with Gasteiger partial charge in [-0.3, -0.25) is 0 Å². The lowest BCUT2D eigenvalue weighted by Gasteiger charge is -2.29. The van der Waals surface area contributed by atoms with Gasteiger partial charge in [0.15, 0.2) is 0 Å². The summed E-state index contributed by atoms with van der Waals surface area (Å²) in [4.78, 5) is 0. The molecule has 1 aliphatic carbocycles. The minimum Gasteiger partial charge on any atom is -0.198 e. The summed E-state index contributed by atoms with van der Waals surface area (Å²) in [5.41, 5.74) is 1.88. The monoisotopic (exact) mass is 301 g/mol. The molecule has 0 heterocycles. The topological polar surface area (TPSA) is 23.8 Å². The van der Waals surface area contributed by atoms with Gasteiger partial charge in [-0.15, -0.1) is 0 Å². The Morgan fingerprint density at radius 2 is 1.73 bits per heavy atom. The first-order valence-corrected chi connectivity index (χ1v) is 7.10. The third-order valence-corrected chi connectivity index (χ3v) is 4.50. The van der Waals surface area contributed by atoms with Gasteiger partial charge < -0.3 is 0 Å². The minimum absolute atomic E-state index is 0.273. The van der Waals surface area contributed by atoms with E-state index in [0.29, 0.717) is 0 Å². The Morgan fingerprint density at radius 3 is 2.36 bits per heavy atom. The van der Waals surface area contributed by atoms with Crippen LogP contribution in [0.3, 0.4) is 0 Å². The SMILES string of the molecule is N#CC[C@@]1(c2ccc(C(F)(F)F)cc2)CCc2ccccc21. The second kappa shape index (κ2) is 5.17. The van der Waals surface area contributed by atoms with Crippen LogP contribution in [-0.2, 0) is 18.0 Å². The first-order valence-electron chi connectivity index (χ1n) is 7.10. The molecule has 0 aromatic heterocycles. The van der Waals surface area contributed by atoms with Crippen LogP contribution in [0.5, 0.6) is 0 Å². The second-order valence-electron chi connectivity index (χ2n) is 5.65. The van der Waals surface area contributed by atoms with Crippen molar-refractivity contribution < 1.29 is 13.2 Å². The molecule has 0 fully saturated rings. The van der Waals surface area contributed by atoms with E-state index in [9.17, 15) is 18.4 Å². The predicted octanol–water partition coefficient (Wildman–Crippen LogP) is 4.85. The van der Waals surface area contributed by atoms with Crippen LogP contribution in [0, 0.1) is 11.3 Å². The van der Waals surface area contributed by atoms with Crippen molar-refractivity contribution >= 4 is 0 Å². The number of nitriles is 1. The van der Waals surface area contributed by atoms with Crippen molar-refractivity contribution in [3.05, 3.63) is 70.8 Å². The fourth-order valence-electron chi connectivity index (χ4n) is 3.39. The molecule has 3 rings (SSSR count). The maximum Gasteiger partial charge on any atom is 0.416 e. The van der Waals surface area contributed by atoms with Gasteiger partial charge >= 0.3 is 6.18 Å². The largest absolute Gasteiger partial charge is 0.416 e. The molecule has 4 heteroatoms. The van der Waals surface area contributed by atoms with Gasteiger partial charge in [-0.2, -0.15) is 18.4 Å². The Kier molecular flexibility index (Phi) is 3.44. The van der Waals surface area contributed by atoms with Gasteiger partial charge in [-0.1, -0.05) is 36.4 Å². The first kappa shape index (κ1) is 14.6. The van der Waals surface area contributed by atoms with Crippen LogP contribution in [0.4, 0.5) is 13.2 Å².